The predicted octanol–water partition coefficient (Wildman–Crippen LogP) is 0.343. The number of sulfonamides is 1. The average molecular weight is 256 g/mol. The van der Waals surface area contributed by atoms with E-state index < -0.39 is 10.0 Å². The van der Waals surface area contributed by atoms with Crippen molar-refractivity contribution in [1.82, 2.24) is 0 Å². The van der Waals surface area contributed by atoms with E-state index in [1.54, 1.807) is 0 Å². The van der Waals surface area contributed by atoms with Crippen LogP contribution in [0.5, 0.6) is 0 Å². The highest BCUT2D eigenvalue weighted by Crippen LogP contribution is 2.14. The number of nitrogens with one attached hydrogen (secondary N) is 1. The van der Waals surface area contributed by atoms with Gasteiger partial charge in [0.05, 0.1) is 36.4 Å². The van der Waals surface area contributed by atoms with Crippen LogP contribution in [-0.2, 0) is 15.8 Å². The van der Waals surface area contributed by atoms with Crippen molar-refractivity contribution >= 4 is 10.0 Å². The average Bonchev–Trinajstić information content (AvgIpc) is 2.20. The highest BCUT2D eigenvalue weighted by atomic mass is 32.2. The van der Waals surface area contributed by atoms with Crippen LogP contribution in [0.3, 0.4) is 0 Å². The van der Waals surface area contributed by atoms with Crippen LogP contribution in [0.2, 0.25) is 0 Å². The zero-order chi connectivity index (χ0) is 12.9. The summed E-state index contributed by atoms with van der Waals surface area (Å²) in [7, 11) is 0.610. The molecular formula is C12H20N2O2S. The van der Waals surface area contributed by atoms with Crippen molar-refractivity contribution in [3.05, 3.63) is 40.1 Å². The van der Waals surface area contributed by atoms with Gasteiger partial charge in [-0.25, -0.2) is 8.42 Å². The van der Waals surface area contributed by atoms with E-state index in [-0.39, 0.29) is 5.75 Å². The lowest BCUT2D eigenvalue weighted by molar-refractivity contribution is -0.856. The molecule has 0 atom stereocenters. The second-order valence-corrected chi connectivity index (χ2v) is 6.17. The largest absolute Gasteiger partial charge is 0.544 e. The van der Waals surface area contributed by atoms with E-state index in [9.17, 15) is 8.42 Å². The minimum atomic E-state index is -3.34. The highest BCUT2D eigenvalue weighted by Gasteiger charge is 2.04. The molecule has 5 heteroatoms. The maximum Gasteiger partial charge on any atom is 0.0765 e. The second kappa shape index (κ2) is 6.14. The van der Waals surface area contributed by atoms with E-state index in [1.807, 2.05) is 45.3 Å². The van der Waals surface area contributed by atoms with Crippen LogP contribution in [0.15, 0.2) is 24.3 Å². The van der Waals surface area contributed by atoms with Gasteiger partial charge in [0.1, 0.15) is 0 Å². The van der Waals surface area contributed by atoms with Crippen LogP contribution in [0.1, 0.15) is 11.1 Å². The summed E-state index contributed by atoms with van der Waals surface area (Å²) >= 11 is 0. The SMILES string of the molecule is Cc1ccccc1CS(=O)(=O)[N-]CC[NH+](C)C. The number of hydrogen-bond acceptors (Lipinski definition) is 2. The molecule has 0 radical (unpaired) electrons. The Labute approximate surface area is 104 Å². The van der Waals surface area contributed by atoms with Gasteiger partial charge in [0.15, 0.2) is 0 Å². The molecule has 0 aliphatic carbocycles. The Bertz CT molecular complexity index is 455. The van der Waals surface area contributed by atoms with Crippen LogP contribution in [0.25, 0.3) is 4.72 Å². The van der Waals surface area contributed by atoms with Gasteiger partial charge < -0.3 is 9.62 Å². The molecule has 0 bridgehead atoms. The summed E-state index contributed by atoms with van der Waals surface area (Å²) in [6.07, 6.45) is 0. The molecule has 0 spiro atoms. The highest BCUT2D eigenvalue weighted by molar-refractivity contribution is 7.93. The normalized spacial score (nSPS) is 12.0. The van der Waals surface area contributed by atoms with Gasteiger partial charge in [-0.15, -0.1) is 0 Å². The lowest BCUT2D eigenvalue weighted by Gasteiger charge is -2.21. The number of likely N-dealkylation sites (N-methyl/N-ethyl adjacent to an activating group) is 1. The summed E-state index contributed by atoms with van der Waals surface area (Å²) in [5, 5.41) is 0. The zero-order valence-electron chi connectivity index (χ0n) is 10.6. The van der Waals surface area contributed by atoms with Gasteiger partial charge in [-0.2, -0.15) is 0 Å². The Balaban J connectivity index is 2.58. The van der Waals surface area contributed by atoms with Gasteiger partial charge in [-0.1, -0.05) is 30.8 Å². The third-order valence-corrected chi connectivity index (χ3v) is 3.75. The van der Waals surface area contributed by atoms with E-state index in [0.29, 0.717) is 6.54 Å². The summed E-state index contributed by atoms with van der Waals surface area (Å²) in [5.74, 6) is 0.00242. The molecule has 1 aromatic carbocycles. The molecule has 0 saturated heterocycles. The quantitative estimate of drug-likeness (QED) is 0.798. The van der Waals surface area contributed by atoms with Gasteiger partial charge in [0.2, 0.25) is 0 Å². The van der Waals surface area contributed by atoms with Crippen molar-refractivity contribution < 1.29 is 13.3 Å². The summed E-state index contributed by atoms with van der Waals surface area (Å²) in [6.45, 7) is 3.00. The fourth-order valence-corrected chi connectivity index (χ4v) is 2.60. The molecule has 0 unspecified atom stereocenters. The number of hydrogen-bond donors (Lipinski definition) is 1. The fourth-order valence-electron chi connectivity index (χ4n) is 1.42. The Kier molecular flexibility index (Phi) is 5.11. The first kappa shape index (κ1) is 14.2. The summed E-state index contributed by atoms with van der Waals surface area (Å²) in [6, 6.07) is 7.49. The van der Waals surface area contributed by atoms with Crippen molar-refractivity contribution in [2.75, 3.05) is 27.2 Å². The zero-order valence-corrected chi connectivity index (χ0v) is 11.4. The Morgan fingerprint density at radius 1 is 1.24 bits per heavy atom. The van der Waals surface area contributed by atoms with Gasteiger partial charge in [0.25, 0.3) is 0 Å². The third-order valence-electron chi connectivity index (χ3n) is 2.50. The molecule has 1 rings (SSSR count). The molecule has 0 saturated carbocycles. The number of quaternary nitrogens is 1. The van der Waals surface area contributed by atoms with Crippen LogP contribution in [0.4, 0.5) is 0 Å². The number of nitrogens with zero attached hydrogens (tertiary/aromatic N) is 1. The Hall–Kier alpha value is -0.910. The first-order valence-corrected chi connectivity index (χ1v) is 7.26. The number of aryl methyl sites for hydroxylation is 1. The number of benzene rings is 1. The predicted molar refractivity (Wildman–Crippen MR) is 69.7 cm³/mol. The summed E-state index contributed by atoms with van der Waals surface area (Å²) in [4.78, 5) is 1.19. The lowest BCUT2D eigenvalue weighted by Crippen LogP contribution is -3.06. The molecule has 17 heavy (non-hydrogen) atoms. The molecule has 4 nitrogen and oxygen atoms in total. The molecule has 0 amide bonds. The van der Waals surface area contributed by atoms with Gasteiger partial charge >= 0.3 is 0 Å². The molecule has 0 fully saturated rings. The molecule has 96 valence electrons. The number of rotatable bonds is 6. The van der Waals surface area contributed by atoms with E-state index in [1.165, 1.54) is 4.90 Å². The van der Waals surface area contributed by atoms with Crippen LogP contribution < -0.4 is 4.90 Å². The molecule has 0 aliphatic heterocycles. The molecule has 0 heterocycles. The van der Waals surface area contributed by atoms with Crippen LogP contribution in [0, 0.1) is 6.92 Å². The van der Waals surface area contributed by atoms with Crippen molar-refractivity contribution in [3.8, 4) is 0 Å². The minimum Gasteiger partial charge on any atom is -0.544 e. The Morgan fingerprint density at radius 3 is 2.47 bits per heavy atom. The van der Waals surface area contributed by atoms with Gasteiger partial charge in [-0.05, 0) is 18.1 Å². The molecule has 1 N–H and O–H groups in total. The Morgan fingerprint density at radius 2 is 1.88 bits per heavy atom. The third kappa shape index (κ3) is 5.30. The van der Waals surface area contributed by atoms with Gasteiger partial charge in [0, 0.05) is 0 Å². The molecule has 1 aromatic rings. The van der Waals surface area contributed by atoms with Gasteiger partial charge in [-0.3, -0.25) is 0 Å². The van der Waals surface area contributed by atoms with Crippen LogP contribution in [-0.4, -0.2) is 35.6 Å². The van der Waals surface area contributed by atoms with Crippen molar-refractivity contribution in [3.63, 3.8) is 0 Å². The summed E-state index contributed by atoms with van der Waals surface area (Å²) in [5.41, 5.74) is 1.82. The maximum atomic E-state index is 11.8. The van der Waals surface area contributed by atoms with Crippen molar-refractivity contribution in [1.29, 1.82) is 0 Å². The van der Waals surface area contributed by atoms with Crippen LogP contribution >= 0.6 is 0 Å². The first-order valence-electron chi connectivity index (χ1n) is 5.66. The van der Waals surface area contributed by atoms with E-state index >= 15 is 0 Å². The van der Waals surface area contributed by atoms with E-state index in [2.05, 4.69) is 4.72 Å². The second-order valence-electron chi connectivity index (χ2n) is 4.46. The summed E-state index contributed by atoms with van der Waals surface area (Å²) < 4.78 is 27.3. The maximum absolute atomic E-state index is 11.8. The van der Waals surface area contributed by atoms with E-state index in [4.69, 9.17) is 0 Å². The van der Waals surface area contributed by atoms with Crippen molar-refractivity contribution in [2.24, 2.45) is 0 Å². The molecule has 0 aromatic heterocycles. The fraction of sp³-hybridized carbons (Fsp3) is 0.500. The topological polar surface area (TPSA) is 52.7 Å². The standard InChI is InChI=1S/C12H19N2O2S/c1-11-6-4-5-7-12(11)10-17(15,16)13-8-9-14(2)3/h4-7H,8-10H2,1-3H3/q-1/p+1. The smallest absolute Gasteiger partial charge is 0.0765 e. The van der Waals surface area contributed by atoms with Crippen molar-refractivity contribution in [2.45, 2.75) is 12.7 Å². The monoisotopic (exact) mass is 256 g/mol. The molecule has 0 aliphatic rings. The lowest BCUT2D eigenvalue weighted by atomic mass is 10.1. The first-order chi connectivity index (χ1) is 7.91. The minimum absolute atomic E-state index is 0.00242. The molecular weight excluding hydrogens is 236 g/mol. The van der Waals surface area contributed by atoms with E-state index in [0.717, 1.165) is 17.7 Å².